The van der Waals surface area contributed by atoms with Crippen LogP contribution < -0.4 is 9.62 Å². The van der Waals surface area contributed by atoms with Crippen molar-refractivity contribution in [3.63, 3.8) is 0 Å². The van der Waals surface area contributed by atoms with Crippen molar-refractivity contribution in [2.75, 3.05) is 23.1 Å². The molecule has 1 aliphatic heterocycles. The summed E-state index contributed by atoms with van der Waals surface area (Å²) in [4.78, 5) is 12.4. The second kappa shape index (κ2) is 7.49. The van der Waals surface area contributed by atoms with Crippen molar-refractivity contribution in [3.05, 3.63) is 47.3 Å². The van der Waals surface area contributed by atoms with Crippen LogP contribution in [0, 0.1) is 13.8 Å². The largest absolute Gasteiger partial charge is 0.352 e. The lowest BCUT2D eigenvalue weighted by atomic mass is 10.2. The number of nitrogens with zero attached hydrogens (tertiary/aromatic N) is 3. The van der Waals surface area contributed by atoms with E-state index >= 15 is 0 Å². The molecule has 1 amide bonds. The van der Waals surface area contributed by atoms with Crippen LogP contribution >= 0.6 is 0 Å². The topological polar surface area (TPSA) is 84.3 Å². The highest BCUT2D eigenvalue weighted by atomic mass is 32.2. The fourth-order valence-electron chi connectivity index (χ4n) is 3.17. The molecule has 0 aliphatic carbocycles. The Morgan fingerprint density at radius 3 is 2.73 bits per heavy atom. The van der Waals surface area contributed by atoms with Gasteiger partial charge < -0.3 is 5.32 Å². The molecule has 26 heavy (non-hydrogen) atoms. The van der Waals surface area contributed by atoms with Crippen molar-refractivity contribution >= 4 is 21.6 Å². The third-order valence-corrected chi connectivity index (χ3v) is 6.30. The number of rotatable bonds is 6. The van der Waals surface area contributed by atoms with Gasteiger partial charge in [0.25, 0.3) is 5.91 Å². The highest BCUT2D eigenvalue weighted by Gasteiger charge is 2.28. The molecule has 7 nitrogen and oxygen atoms in total. The van der Waals surface area contributed by atoms with Crippen LogP contribution in [-0.2, 0) is 16.6 Å². The molecule has 140 valence electrons. The number of carbonyl (C=O) groups is 1. The first kappa shape index (κ1) is 18.4. The quantitative estimate of drug-likeness (QED) is 0.780. The smallest absolute Gasteiger partial charge is 0.251 e. The molecular weight excluding hydrogens is 352 g/mol. The van der Waals surface area contributed by atoms with E-state index in [-0.39, 0.29) is 11.7 Å². The minimum atomic E-state index is -3.24. The lowest BCUT2D eigenvalue weighted by Crippen LogP contribution is -2.27. The molecule has 1 N–H and O–H groups in total. The lowest BCUT2D eigenvalue weighted by molar-refractivity contribution is 0.0952. The average Bonchev–Trinajstić information content (AvgIpc) is 3.12. The number of aryl methyl sites for hydroxylation is 3. The van der Waals surface area contributed by atoms with Crippen LogP contribution in [0.1, 0.15) is 34.6 Å². The normalized spacial score (nSPS) is 16.0. The molecule has 2 aromatic rings. The van der Waals surface area contributed by atoms with Crippen LogP contribution in [0.25, 0.3) is 0 Å². The summed E-state index contributed by atoms with van der Waals surface area (Å²) >= 11 is 0. The zero-order valence-corrected chi connectivity index (χ0v) is 15.9. The maximum absolute atomic E-state index is 12.4. The molecule has 1 fully saturated rings. The van der Waals surface area contributed by atoms with E-state index in [1.165, 1.54) is 4.31 Å². The van der Waals surface area contributed by atoms with Crippen molar-refractivity contribution in [1.29, 1.82) is 0 Å². The number of carbonyl (C=O) groups excluding carboxylic acids is 1. The highest BCUT2D eigenvalue weighted by molar-refractivity contribution is 7.93. The summed E-state index contributed by atoms with van der Waals surface area (Å²) in [5, 5.41) is 7.28. The standard InChI is InChI=1S/C18H24N4O3S/c1-14-12-15(2)21(20-14)9-4-8-19-18(23)16-6-3-7-17(13-16)22-10-5-11-26(22,24)25/h3,6-7,12-13H,4-5,8-11H2,1-2H3,(H,19,23). The Morgan fingerprint density at radius 1 is 1.27 bits per heavy atom. The minimum absolute atomic E-state index is 0.162. The van der Waals surface area contributed by atoms with Gasteiger partial charge in [0, 0.05) is 30.9 Å². The van der Waals surface area contributed by atoms with Gasteiger partial charge in [0.1, 0.15) is 0 Å². The Balaban J connectivity index is 1.56. The predicted molar refractivity (Wildman–Crippen MR) is 101 cm³/mol. The summed E-state index contributed by atoms with van der Waals surface area (Å²) in [6.07, 6.45) is 1.39. The average molecular weight is 376 g/mol. The third-order valence-electron chi connectivity index (χ3n) is 4.43. The van der Waals surface area contributed by atoms with Crippen molar-refractivity contribution < 1.29 is 13.2 Å². The zero-order valence-electron chi connectivity index (χ0n) is 15.1. The molecule has 1 aromatic heterocycles. The van der Waals surface area contributed by atoms with Crippen LogP contribution in [-0.4, -0.2) is 42.9 Å². The fraction of sp³-hybridized carbons (Fsp3) is 0.444. The van der Waals surface area contributed by atoms with Crippen molar-refractivity contribution in [3.8, 4) is 0 Å². The van der Waals surface area contributed by atoms with E-state index in [0.717, 1.165) is 24.4 Å². The maximum Gasteiger partial charge on any atom is 0.251 e. The number of nitrogens with one attached hydrogen (secondary N) is 1. The number of amides is 1. The van der Waals surface area contributed by atoms with E-state index in [2.05, 4.69) is 10.4 Å². The lowest BCUT2D eigenvalue weighted by Gasteiger charge is -2.17. The first-order valence-corrected chi connectivity index (χ1v) is 10.4. The summed E-state index contributed by atoms with van der Waals surface area (Å²) < 4.78 is 27.4. The van der Waals surface area contributed by atoms with Crippen molar-refractivity contribution in [2.45, 2.75) is 33.2 Å². The number of benzene rings is 1. The van der Waals surface area contributed by atoms with Gasteiger partial charge >= 0.3 is 0 Å². The molecule has 0 bridgehead atoms. The van der Waals surface area contributed by atoms with Gasteiger partial charge in [0.2, 0.25) is 10.0 Å². The van der Waals surface area contributed by atoms with Crippen molar-refractivity contribution in [2.24, 2.45) is 0 Å². The van der Waals surface area contributed by atoms with Gasteiger partial charge in [-0.3, -0.25) is 13.8 Å². The summed E-state index contributed by atoms with van der Waals surface area (Å²) in [6, 6.07) is 8.80. The van der Waals surface area contributed by atoms with Gasteiger partial charge in [-0.1, -0.05) is 6.07 Å². The molecule has 2 heterocycles. The van der Waals surface area contributed by atoms with E-state index in [9.17, 15) is 13.2 Å². The Bertz CT molecular complexity index is 905. The Kier molecular flexibility index (Phi) is 5.31. The number of aromatic nitrogens is 2. The second-order valence-corrected chi connectivity index (χ2v) is 8.56. The van der Waals surface area contributed by atoms with Crippen LogP contribution in [0.15, 0.2) is 30.3 Å². The molecule has 1 aromatic carbocycles. The zero-order chi connectivity index (χ0) is 18.7. The van der Waals surface area contributed by atoms with E-state index in [1.807, 2.05) is 24.6 Å². The molecule has 3 rings (SSSR count). The first-order valence-electron chi connectivity index (χ1n) is 8.76. The molecule has 8 heteroatoms. The summed E-state index contributed by atoms with van der Waals surface area (Å²) in [5.41, 5.74) is 3.11. The van der Waals surface area contributed by atoms with Gasteiger partial charge in [0.05, 0.1) is 17.1 Å². The molecule has 1 saturated heterocycles. The molecule has 0 unspecified atom stereocenters. The summed E-state index contributed by atoms with van der Waals surface area (Å²) in [7, 11) is -3.24. The molecule has 0 saturated carbocycles. The summed E-state index contributed by atoms with van der Waals surface area (Å²) in [5.74, 6) is -0.0350. The van der Waals surface area contributed by atoms with Gasteiger partial charge in [-0.25, -0.2) is 8.42 Å². The number of anilines is 1. The minimum Gasteiger partial charge on any atom is -0.352 e. The number of hydrogen-bond acceptors (Lipinski definition) is 4. The first-order chi connectivity index (χ1) is 12.4. The predicted octanol–water partition coefficient (Wildman–Crippen LogP) is 1.86. The molecular formula is C18H24N4O3S. The van der Waals surface area contributed by atoms with E-state index < -0.39 is 10.0 Å². The molecule has 0 atom stereocenters. The molecule has 0 spiro atoms. The molecule has 0 radical (unpaired) electrons. The van der Waals surface area contributed by atoms with E-state index in [0.29, 0.717) is 30.8 Å². The SMILES string of the molecule is Cc1cc(C)n(CCCNC(=O)c2cccc(N3CCCS3(=O)=O)c2)n1. The Hall–Kier alpha value is -2.35. The van der Waals surface area contributed by atoms with Gasteiger partial charge in [0.15, 0.2) is 0 Å². The maximum atomic E-state index is 12.4. The van der Waals surface area contributed by atoms with Gasteiger partial charge in [-0.2, -0.15) is 5.10 Å². The van der Waals surface area contributed by atoms with Gasteiger partial charge in [-0.15, -0.1) is 0 Å². The Labute approximate surface area is 154 Å². The fourth-order valence-corrected chi connectivity index (χ4v) is 4.72. The van der Waals surface area contributed by atoms with Crippen LogP contribution in [0.5, 0.6) is 0 Å². The number of sulfonamides is 1. The van der Waals surface area contributed by atoms with Crippen LogP contribution in [0.2, 0.25) is 0 Å². The van der Waals surface area contributed by atoms with Gasteiger partial charge in [-0.05, 0) is 51.0 Å². The van der Waals surface area contributed by atoms with Crippen LogP contribution in [0.4, 0.5) is 5.69 Å². The second-order valence-electron chi connectivity index (χ2n) is 6.55. The Morgan fingerprint density at radius 2 is 2.08 bits per heavy atom. The van der Waals surface area contributed by atoms with E-state index in [1.54, 1.807) is 24.3 Å². The van der Waals surface area contributed by atoms with Crippen molar-refractivity contribution in [1.82, 2.24) is 15.1 Å². The third kappa shape index (κ3) is 4.07. The monoisotopic (exact) mass is 376 g/mol. The number of hydrogen-bond donors (Lipinski definition) is 1. The van der Waals surface area contributed by atoms with Crippen LogP contribution in [0.3, 0.4) is 0 Å². The summed E-state index contributed by atoms with van der Waals surface area (Å²) in [6.45, 7) is 5.71. The molecule has 1 aliphatic rings. The highest BCUT2D eigenvalue weighted by Crippen LogP contribution is 2.24. The van der Waals surface area contributed by atoms with E-state index in [4.69, 9.17) is 0 Å².